The van der Waals surface area contributed by atoms with E-state index >= 15 is 0 Å². The quantitative estimate of drug-likeness (QED) is 0.675. The second kappa shape index (κ2) is 7.85. The van der Waals surface area contributed by atoms with Crippen LogP contribution in [0.15, 0.2) is 24.3 Å². The molecular formula is C17H24N2O4. The highest BCUT2D eigenvalue weighted by atomic mass is 16.7. The third-order valence-electron chi connectivity index (χ3n) is 4.00. The molecule has 1 saturated heterocycles. The van der Waals surface area contributed by atoms with Crippen molar-refractivity contribution in [3.8, 4) is 5.75 Å². The Hall–Kier alpha value is -2.24. The van der Waals surface area contributed by atoms with Crippen LogP contribution < -0.4 is 10.1 Å². The molecule has 2 atom stereocenters. The molecule has 6 nitrogen and oxygen atoms in total. The second-order valence-corrected chi connectivity index (χ2v) is 5.78. The monoisotopic (exact) mass is 320 g/mol. The summed E-state index contributed by atoms with van der Waals surface area (Å²) in [6.07, 6.45) is 2.49. The number of carbonyl (C=O) groups is 2. The average Bonchev–Trinajstić information content (AvgIpc) is 2.49. The summed E-state index contributed by atoms with van der Waals surface area (Å²) in [6, 6.07) is 7.03. The Balaban J connectivity index is 1.94. The number of amides is 2. The lowest BCUT2D eigenvalue weighted by molar-refractivity contribution is 0.104. The van der Waals surface area contributed by atoms with Gasteiger partial charge in [-0.05, 0) is 64.3 Å². The number of urea groups is 1. The molecule has 0 radical (unpaired) electrons. The molecule has 1 N–H and O–H groups in total. The van der Waals surface area contributed by atoms with Crippen molar-refractivity contribution in [1.82, 2.24) is 4.90 Å². The molecule has 1 aliphatic rings. The van der Waals surface area contributed by atoms with Gasteiger partial charge in [0.1, 0.15) is 5.75 Å². The molecule has 1 aliphatic heterocycles. The van der Waals surface area contributed by atoms with E-state index in [4.69, 9.17) is 9.47 Å². The van der Waals surface area contributed by atoms with Crippen LogP contribution in [-0.4, -0.2) is 35.8 Å². The first-order valence-electron chi connectivity index (χ1n) is 8.05. The molecule has 0 aromatic heterocycles. The Kier molecular flexibility index (Phi) is 5.84. The highest BCUT2D eigenvalue weighted by Crippen LogP contribution is 2.24. The van der Waals surface area contributed by atoms with Gasteiger partial charge in [-0.3, -0.25) is 0 Å². The third-order valence-corrected chi connectivity index (χ3v) is 4.00. The molecule has 0 aliphatic carbocycles. The molecule has 1 aromatic carbocycles. The average molecular weight is 320 g/mol. The molecule has 1 aromatic rings. The lowest BCUT2D eigenvalue weighted by Crippen LogP contribution is -2.49. The molecular weight excluding hydrogens is 296 g/mol. The molecule has 0 saturated carbocycles. The number of hydrogen-bond acceptors (Lipinski definition) is 4. The van der Waals surface area contributed by atoms with Crippen molar-refractivity contribution in [2.45, 2.75) is 52.1 Å². The number of nitrogens with zero attached hydrogens (tertiary/aromatic N) is 1. The lowest BCUT2D eigenvalue weighted by atomic mass is 9.98. The number of benzene rings is 1. The molecule has 6 heteroatoms. The summed E-state index contributed by atoms with van der Waals surface area (Å²) in [4.78, 5) is 25.6. The first-order valence-corrected chi connectivity index (χ1v) is 8.05. The molecule has 0 spiro atoms. The van der Waals surface area contributed by atoms with Gasteiger partial charge in [0.2, 0.25) is 0 Å². The van der Waals surface area contributed by atoms with Crippen LogP contribution in [0, 0.1) is 0 Å². The fourth-order valence-electron chi connectivity index (χ4n) is 2.86. The van der Waals surface area contributed by atoms with Crippen molar-refractivity contribution in [2.75, 3.05) is 11.9 Å². The predicted octanol–water partition coefficient (Wildman–Crippen LogP) is 4.02. The van der Waals surface area contributed by atoms with Gasteiger partial charge in [0.25, 0.3) is 0 Å². The van der Waals surface area contributed by atoms with Crippen molar-refractivity contribution >= 4 is 17.9 Å². The number of hydrogen-bond donors (Lipinski definition) is 1. The largest absolute Gasteiger partial charge is 0.513 e. The van der Waals surface area contributed by atoms with Crippen LogP contribution in [0.2, 0.25) is 0 Å². The zero-order valence-electron chi connectivity index (χ0n) is 13.9. The Morgan fingerprint density at radius 1 is 1.17 bits per heavy atom. The first kappa shape index (κ1) is 17.1. The maximum Gasteiger partial charge on any atom is 0.513 e. The second-order valence-electron chi connectivity index (χ2n) is 5.78. The maximum absolute atomic E-state index is 12.4. The van der Waals surface area contributed by atoms with Gasteiger partial charge < -0.3 is 19.7 Å². The number of nitrogens with one attached hydrogen (secondary N) is 1. The zero-order valence-corrected chi connectivity index (χ0v) is 13.9. The Morgan fingerprint density at radius 3 is 2.35 bits per heavy atom. The Labute approximate surface area is 136 Å². The van der Waals surface area contributed by atoms with Gasteiger partial charge in [0.05, 0.1) is 6.61 Å². The van der Waals surface area contributed by atoms with E-state index in [-0.39, 0.29) is 24.7 Å². The third kappa shape index (κ3) is 4.61. The van der Waals surface area contributed by atoms with Crippen LogP contribution in [0.1, 0.15) is 40.0 Å². The standard InChI is InChI=1S/C17H24N2O4/c1-4-22-17(21)23-15-10-8-14(9-11-15)18-16(20)19-12(2)6-5-7-13(19)3/h8-13H,4-7H2,1-3H3,(H,18,20). The van der Waals surface area contributed by atoms with Crippen LogP contribution in [0.5, 0.6) is 5.75 Å². The van der Waals surface area contributed by atoms with Crippen molar-refractivity contribution in [2.24, 2.45) is 0 Å². The number of anilines is 1. The van der Waals surface area contributed by atoms with E-state index in [0.717, 1.165) is 19.3 Å². The topological polar surface area (TPSA) is 67.9 Å². The van der Waals surface area contributed by atoms with Crippen LogP contribution in [0.25, 0.3) is 0 Å². The SMILES string of the molecule is CCOC(=O)Oc1ccc(NC(=O)N2C(C)CCCC2C)cc1. The lowest BCUT2D eigenvalue weighted by Gasteiger charge is -2.38. The molecule has 1 heterocycles. The van der Waals surface area contributed by atoms with Crippen molar-refractivity contribution < 1.29 is 19.1 Å². The van der Waals surface area contributed by atoms with E-state index in [0.29, 0.717) is 11.4 Å². The van der Waals surface area contributed by atoms with Crippen molar-refractivity contribution in [1.29, 1.82) is 0 Å². The fraction of sp³-hybridized carbons (Fsp3) is 0.529. The van der Waals surface area contributed by atoms with Gasteiger partial charge in [-0.1, -0.05) is 0 Å². The van der Waals surface area contributed by atoms with Crippen LogP contribution in [0.3, 0.4) is 0 Å². The zero-order chi connectivity index (χ0) is 16.8. The van der Waals surface area contributed by atoms with Crippen molar-refractivity contribution in [3.05, 3.63) is 24.3 Å². The predicted molar refractivity (Wildman–Crippen MR) is 87.7 cm³/mol. The summed E-state index contributed by atoms with van der Waals surface area (Å²) in [5.74, 6) is 0.376. The summed E-state index contributed by atoms with van der Waals surface area (Å²) in [5, 5.41) is 2.89. The highest BCUT2D eigenvalue weighted by molar-refractivity contribution is 5.89. The minimum atomic E-state index is -0.736. The van der Waals surface area contributed by atoms with E-state index in [1.165, 1.54) is 0 Å². The number of piperidine rings is 1. The van der Waals surface area contributed by atoms with Crippen LogP contribution in [-0.2, 0) is 4.74 Å². The molecule has 1 fully saturated rings. The first-order chi connectivity index (χ1) is 11.0. The summed E-state index contributed by atoms with van der Waals surface area (Å²) in [5.41, 5.74) is 0.663. The van der Waals surface area contributed by atoms with Gasteiger partial charge >= 0.3 is 12.2 Å². The molecule has 0 bridgehead atoms. The van der Waals surface area contributed by atoms with E-state index < -0.39 is 6.16 Å². The normalized spacial score (nSPS) is 20.7. The van der Waals surface area contributed by atoms with Gasteiger partial charge in [-0.25, -0.2) is 9.59 Å². The van der Waals surface area contributed by atoms with Gasteiger partial charge in [0, 0.05) is 17.8 Å². The summed E-state index contributed by atoms with van der Waals surface area (Å²) >= 11 is 0. The number of carbonyl (C=O) groups excluding carboxylic acids is 2. The van der Waals surface area contributed by atoms with Gasteiger partial charge in [-0.15, -0.1) is 0 Å². The smallest absolute Gasteiger partial charge is 0.434 e. The van der Waals surface area contributed by atoms with Gasteiger partial charge in [-0.2, -0.15) is 0 Å². The fourth-order valence-corrected chi connectivity index (χ4v) is 2.86. The van der Waals surface area contributed by atoms with E-state index in [1.807, 2.05) is 4.90 Å². The summed E-state index contributed by atoms with van der Waals surface area (Å²) in [7, 11) is 0. The Bertz CT molecular complexity index is 534. The van der Waals surface area contributed by atoms with E-state index in [1.54, 1.807) is 31.2 Å². The van der Waals surface area contributed by atoms with Crippen LogP contribution in [0.4, 0.5) is 15.3 Å². The Morgan fingerprint density at radius 2 is 1.78 bits per heavy atom. The number of rotatable bonds is 3. The molecule has 126 valence electrons. The highest BCUT2D eigenvalue weighted by Gasteiger charge is 2.28. The molecule has 2 rings (SSSR count). The number of ether oxygens (including phenoxy) is 2. The van der Waals surface area contributed by atoms with Crippen molar-refractivity contribution in [3.63, 3.8) is 0 Å². The summed E-state index contributed by atoms with van der Waals surface area (Å²) in [6.45, 7) is 6.12. The summed E-state index contributed by atoms with van der Waals surface area (Å²) < 4.78 is 9.69. The minimum absolute atomic E-state index is 0.0937. The van der Waals surface area contributed by atoms with Gasteiger partial charge in [0.15, 0.2) is 0 Å². The molecule has 2 amide bonds. The minimum Gasteiger partial charge on any atom is -0.434 e. The van der Waals surface area contributed by atoms with Crippen LogP contribution >= 0.6 is 0 Å². The number of likely N-dealkylation sites (tertiary alicyclic amines) is 1. The maximum atomic E-state index is 12.4. The molecule has 23 heavy (non-hydrogen) atoms. The molecule has 2 unspecified atom stereocenters. The van der Waals surface area contributed by atoms with E-state index in [9.17, 15) is 9.59 Å². The van der Waals surface area contributed by atoms with E-state index in [2.05, 4.69) is 19.2 Å².